The van der Waals surface area contributed by atoms with Gasteiger partial charge >= 0.3 is 0 Å². The molecule has 0 amide bonds. The molecule has 4 heteroatoms. The number of ether oxygens (including phenoxy) is 2. The minimum Gasteiger partial charge on any atom is -0.493 e. The first-order chi connectivity index (χ1) is 9.81. The first-order valence-corrected chi connectivity index (χ1v) is 7.56. The third-order valence-corrected chi connectivity index (χ3v) is 4.45. The second kappa shape index (κ2) is 5.84. The fraction of sp³-hybridized carbons (Fsp3) is 0.647. The van der Waals surface area contributed by atoms with E-state index in [4.69, 9.17) is 15.2 Å². The van der Waals surface area contributed by atoms with Gasteiger partial charge in [-0.1, -0.05) is 19.3 Å². The number of nitrogens with two attached hydrogens (primary N) is 1. The molecule has 0 aliphatic heterocycles. The summed E-state index contributed by atoms with van der Waals surface area (Å²) in [5.41, 5.74) is 6.14. The smallest absolute Gasteiger partial charge is 0.161 e. The summed E-state index contributed by atoms with van der Waals surface area (Å²) in [5, 5.41) is 0. The number of benzene rings is 1. The van der Waals surface area contributed by atoms with Gasteiger partial charge in [-0.3, -0.25) is 0 Å². The van der Waals surface area contributed by atoms with Gasteiger partial charge in [0.1, 0.15) is 5.67 Å². The van der Waals surface area contributed by atoms with Crippen molar-refractivity contribution in [2.24, 2.45) is 5.73 Å². The Morgan fingerprint density at radius 2 is 1.57 bits per heavy atom. The van der Waals surface area contributed by atoms with E-state index < -0.39 is 11.2 Å². The van der Waals surface area contributed by atoms with Gasteiger partial charge in [-0.05, 0) is 49.9 Å². The number of rotatable bonds is 4. The Labute approximate surface area is 126 Å². The van der Waals surface area contributed by atoms with Gasteiger partial charge in [0.25, 0.3) is 0 Å². The molecule has 1 aromatic rings. The molecule has 1 fully saturated rings. The number of halogens is 1. The van der Waals surface area contributed by atoms with Crippen LogP contribution in [0.1, 0.15) is 57.1 Å². The van der Waals surface area contributed by atoms with Crippen LogP contribution in [0.25, 0.3) is 0 Å². The Morgan fingerprint density at radius 3 is 2.05 bits per heavy atom. The molecule has 0 saturated heterocycles. The molecule has 0 radical (unpaired) electrons. The predicted octanol–water partition coefficient (Wildman–Crippen LogP) is 4.03. The molecule has 21 heavy (non-hydrogen) atoms. The van der Waals surface area contributed by atoms with Gasteiger partial charge in [-0.25, -0.2) is 4.39 Å². The molecule has 2 N–H and O–H groups in total. The first-order valence-electron chi connectivity index (χ1n) is 7.56. The van der Waals surface area contributed by atoms with E-state index in [0.717, 1.165) is 31.2 Å². The van der Waals surface area contributed by atoms with Gasteiger partial charge in [-0.2, -0.15) is 0 Å². The summed E-state index contributed by atoms with van der Waals surface area (Å²) >= 11 is 0. The van der Waals surface area contributed by atoms with E-state index in [9.17, 15) is 4.39 Å². The molecule has 118 valence electrons. The summed E-state index contributed by atoms with van der Waals surface area (Å²) in [5.74, 6) is 1.15. The fourth-order valence-corrected chi connectivity index (χ4v) is 3.23. The van der Waals surface area contributed by atoms with Crippen LogP contribution in [0, 0.1) is 0 Å². The van der Waals surface area contributed by atoms with Gasteiger partial charge in [-0.15, -0.1) is 0 Å². The van der Waals surface area contributed by atoms with Crippen LogP contribution >= 0.6 is 0 Å². The molecular formula is C17H26FNO2. The molecule has 0 unspecified atom stereocenters. The van der Waals surface area contributed by atoms with E-state index in [2.05, 4.69) is 0 Å². The van der Waals surface area contributed by atoms with Crippen molar-refractivity contribution in [3.63, 3.8) is 0 Å². The van der Waals surface area contributed by atoms with Gasteiger partial charge < -0.3 is 15.2 Å². The zero-order chi connectivity index (χ0) is 15.7. The minimum atomic E-state index is -1.47. The third-order valence-electron chi connectivity index (χ3n) is 4.45. The fourth-order valence-electron chi connectivity index (χ4n) is 3.23. The van der Waals surface area contributed by atoms with Crippen LogP contribution in [-0.2, 0) is 11.2 Å². The Morgan fingerprint density at radius 1 is 1.05 bits per heavy atom. The maximum atomic E-state index is 14.7. The van der Waals surface area contributed by atoms with Crippen LogP contribution in [0.2, 0.25) is 0 Å². The van der Waals surface area contributed by atoms with E-state index in [1.54, 1.807) is 34.1 Å². The van der Waals surface area contributed by atoms with Crippen molar-refractivity contribution >= 4 is 0 Å². The van der Waals surface area contributed by atoms with Crippen molar-refractivity contribution in [2.75, 3.05) is 14.2 Å². The second-order valence-electron chi connectivity index (χ2n) is 6.44. The normalized spacial score (nSPS) is 18.4. The van der Waals surface area contributed by atoms with Crippen LogP contribution in [0.15, 0.2) is 12.1 Å². The van der Waals surface area contributed by atoms with Crippen LogP contribution in [0.5, 0.6) is 11.5 Å². The van der Waals surface area contributed by atoms with E-state index in [-0.39, 0.29) is 0 Å². The molecule has 0 spiro atoms. The maximum Gasteiger partial charge on any atom is 0.161 e. The summed E-state index contributed by atoms with van der Waals surface area (Å²) < 4.78 is 25.4. The molecule has 3 nitrogen and oxygen atoms in total. The average molecular weight is 295 g/mol. The van der Waals surface area contributed by atoms with Crippen LogP contribution < -0.4 is 15.2 Å². The Balaban J connectivity index is 2.61. The lowest BCUT2D eigenvalue weighted by molar-refractivity contribution is 0.208. The molecule has 1 saturated carbocycles. The van der Waals surface area contributed by atoms with E-state index in [1.807, 2.05) is 6.07 Å². The Kier molecular flexibility index (Phi) is 4.47. The largest absolute Gasteiger partial charge is 0.493 e. The molecule has 1 aliphatic rings. The van der Waals surface area contributed by atoms with Crippen LogP contribution in [-0.4, -0.2) is 14.2 Å². The average Bonchev–Trinajstić information content (AvgIpc) is 2.45. The van der Waals surface area contributed by atoms with Crippen molar-refractivity contribution in [1.29, 1.82) is 0 Å². The molecular weight excluding hydrogens is 269 g/mol. The standard InChI is InChI=1S/C17H26FNO2/c1-16(2,18)12-10-14(20-3)15(21-4)11-13(12)17(19)8-6-5-7-9-17/h10-11H,5-9,19H2,1-4H3. The third kappa shape index (κ3) is 3.15. The van der Waals surface area contributed by atoms with E-state index >= 15 is 0 Å². The lowest BCUT2D eigenvalue weighted by Gasteiger charge is -2.37. The minimum absolute atomic E-state index is 0.476. The number of hydrogen-bond acceptors (Lipinski definition) is 3. The summed E-state index contributed by atoms with van der Waals surface area (Å²) in [6.45, 7) is 3.12. The highest BCUT2D eigenvalue weighted by Gasteiger charge is 2.36. The highest BCUT2D eigenvalue weighted by atomic mass is 19.1. The molecule has 0 heterocycles. The van der Waals surface area contributed by atoms with Crippen LogP contribution in [0.4, 0.5) is 4.39 Å². The van der Waals surface area contributed by atoms with Crippen LogP contribution in [0.3, 0.4) is 0 Å². The van der Waals surface area contributed by atoms with Crippen molar-refractivity contribution in [2.45, 2.75) is 57.2 Å². The maximum absolute atomic E-state index is 14.7. The van der Waals surface area contributed by atoms with Crippen molar-refractivity contribution in [1.82, 2.24) is 0 Å². The molecule has 0 atom stereocenters. The lowest BCUT2D eigenvalue weighted by Crippen LogP contribution is -2.40. The molecule has 0 aromatic heterocycles. The Hall–Kier alpha value is -1.29. The summed E-state index contributed by atoms with van der Waals surface area (Å²) in [6.07, 6.45) is 5.12. The monoisotopic (exact) mass is 295 g/mol. The quantitative estimate of drug-likeness (QED) is 0.912. The van der Waals surface area contributed by atoms with Gasteiger partial charge in [0.05, 0.1) is 14.2 Å². The van der Waals surface area contributed by atoms with Gasteiger partial charge in [0, 0.05) is 5.54 Å². The zero-order valence-corrected chi connectivity index (χ0v) is 13.5. The molecule has 1 aromatic carbocycles. The number of methoxy groups -OCH3 is 2. The number of hydrogen-bond donors (Lipinski definition) is 1. The first kappa shape index (κ1) is 16.1. The zero-order valence-electron chi connectivity index (χ0n) is 13.5. The SMILES string of the molecule is COc1cc(C(C)(C)F)c(C2(N)CCCCC2)cc1OC. The van der Waals surface area contributed by atoms with Gasteiger partial charge in [0.2, 0.25) is 0 Å². The molecule has 0 bridgehead atoms. The highest BCUT2D eigenvalue weighted by Crippen LogP contribution is 2.44. The van der Waals surface area contributed by atoms with Crippen molar-refractivity contribution < 1.29 is 13.9 Å². The molecule has 2 rings (SSSR count). The molecule has 1 aliphatic carbocycles. The Bertz CT molecular complexity index is 502. The summed E-state index contributed by atoms with van der Waals surface area (Å²) in [4.78, 5) is 0. The van der Waals surface area contributed by atoms with Gasteiger partial charge in [0.15, 0.2) is 11.5 Å². The number of alkyl halides is 1. The highest BCUT2D eigenvalue weighted by molar-refractivity contribution is 5.51. The van der Waals surface area contributed by atoms with Crippen molar-refractivity contribution in [3.05, 3.63) is 23.3 Å². The predicted molar refractivity (Wildman–Crippen MR) is 82.6 cm³/mol. The lowest BCUT2D eigenvalue weighted by atomic mass is 9.73. The topological polar surface area (TPSA) is 44.5 Å². The van der Waals surface area contributed by atoms with E-state index in [0.29, 0.717) is 17.1 Å². The summed E-state index contributed by atoms with van der Waals surface area (Å²) in [7, 11) is 3.15. The van der Waals surface area contributed by atoms with Crippen molar-refractivity contribution in [3.8, 4) is 11.5 Å². The second-order valence-corrected chi connectivity index (χ2v) is 6.44. The summed E-state index contributed by atoms with van der Waals surface area (Å²) in [6, 6.07) is 3.60. The van der Waals surface area contributed by atoms with E-state index in [1.165, 1.54) is 6.42 Å².